The molecule has 1 amide bonds. The van der Waals surface area contributed by atoms with Crippen LogP contribution in [0.2, 0.25) is 5.02 Å². The number of rotatable bonds is 3. The zero-order valence-electron chi connectivity index (χ0n) is 12.6. The van der Waals surface area contributed by atoms with Gasteiger partial charge in [-0.2, -0.15) is 0 Å². The van der Waals surface area contributed by atoms with E-state index in [1.54, 1.807) is 24.3 Å². The highest BCUT2D eigenvalue weighted by Crippen LogP contribution is 2.31. The smallest absolute Gasteiger partial charge is 0.257 e. The maximum atomic E-state index is 12.1. The number of carbonyl (C=O) groups is 1. The molecule has 2 N–H and O–H groups in total. The highest BCUT2D eigenvalue weighted by Gasteiger charge is 2.19. The van der Waals surface area contributed by atoms with E-state index in [4.69, 9.17) is 23.8 Å². The fourth-order valence-electron chi connectivity index (χ4n) is 2.28. The molecular weight excluding hydrogens is 340 g/mol. The summed E-state index contributed by atoms with van der Waals surface area (Å²) in [4.78, 5) is 12.1. The van der Waals surface area contributed by atoms with Crippen molar-refractivity contribution < 1.29 is 4.79 Å². The van der Waals surface area contributed by atoms with Crippen molar-refractivity contribution in [2.75, 3.05) is 5.32 Å². The van der Waals surface area contributed by atoms with Gasteiger partial charge in [-0.3, -0.25) is 10.1 Å². The van der Waals surface area contributed by atoms with E-state index in [1.165, 1.54) is 0 Å². The van der Waals surface area contributed by atoms with Gasteiger partial charge < -0.3 is 5.32 Å². The summed E-state index contributed by atoms with van der Waals surface area (Å²) in [5, 5.41) is 6.51. The van der Waals surface area contributed by atoms with Crippen LogP contribution >= 0.6 is 23.8 Å². The van der Waals surface area contributed by atoms with Crippen LogP contribution in [0.1, 0.15) is 15.9 Å². The summed E-state index contributed by atoms with van der Waals surface area (Å²) in [7, 11) is 0. The SMILES string of the molecule is O=C(NC(=S)Nc1cccc([C]2[CH][CH][CH][CH]2)c1)c1ccc(Cl)cc1. The fraction of sp³-hybridized carbons (Fsp3) is 0. The third kappa shape index (κ3) is 4.34. The minimum atomic E-state index is -0.281. The second-order valence-corrected chi connectivity index (χ2v) is 6.01. The first-order chi connectivity index (χ1) is 11.6. The first-order valence-electron chi connectivity index (χ1n) is 7.32. The van der Waals surface area contributed by atoms with Gasteiger partial charge in [0, 0.05) is 22.2 Å². The van der Waals surface area contributed by atoms with Gasteiger partial charge in [0.05, 0.1) is 0 Å². The van der Waals surface area contributed by atoms with Crippen molar-refractivity contribution >= 4 is 40.5 Å². The maximum Gasteiger partial charge on any atom is 0.257 e. The van der Waals surface area contributed by atoms with Gasteiger partial charge >= 0.3 is 0 Å². The Morgan fingerprint density at radius 1 is 1.00 bits per heavy atom. The Kier molecular flexibility index (Phi) is 5.48. The summed E-state index contributed by atoms with van der Waals surface area (Å²) < 4.78 is 0. The number of carbonyl (C=O) groups excluding carboxylic acids is 1. The average Bonchev–Trinajstić information content (AvgIpc) is 3.10. The highest BCUT2D eigenvalue weighted by molar-refractivity contribution is 7.80. The molecule has 5 radical (unpaired) electrons. The van der Waals surface area contributed by atoms with Gasteiger partial charge in [-0.05, 0) is 79.9 Å². The van der Waals surface area contributed by atoms with Crippen molar-refractivity contribution in [2.45, 2.75) is 0 Å². The average molecular weight is 354 g/mol. The van der Waals surface area contributed by atoms with Crippen LogP contribution in [0, 0.1) is 31.6 Å². The Morgan fingerprint density at radius 3 is 2.42 bits per heavy atom. The summed E-state index contributed by atoms with van der Waals surface area (Å²) in [6.07, 6.45) is 8.07. The van der Waals surface area contributed by atoms with Gasteiger partial charge in [-0.1, -0.05) is 23.7 Å². The maximum absolute atomic E-state index is 12.1. The number of nitrogens with one attached hydrogen (secondary N) is 2. The molecule has 0 heterocycles. The molecule has 0 unspecified atom stereocenters. The molecule has 0 aromatic heterocycles. The van der Waals surface area contributed by atoms with Crippen LogP contribution < -0.4 is 10.6 Å². The molecule has 3 rings (SSSR count). The Bertz CT molecular complexity index is 739. The summed E-state index contributed by atoms with van der Waals surface area (Å²) in [5.74, 6) is 0.853. The van der Waals surface area contributed by atoms with Gasteiger partial charge in [0.25, 0.3) is 5.91 Å². The minimum absolute atomic E-state index is 0.245. The molecular formula is C19H14ClN2OS. The van der Waals surface area contributed by atoms with E-state index < -0.39 is 0 Å². The zero-order valence-corrected chi connectivity index (χ0v) is 14.2. The molecule has 119 valence electrons. The summed E-state index contributed by atoms with van der Waals surface area (Å²) in [6, 6.07) is 14.5. The van der Waals surface area contributed by atoms with E-state index in [0.29, 0.717) is 10.6 Å². The van der Waals surface area contributed by atoms with Crippen molar-refractivity contribution in [1.82, 2.24) is 5.32 Å². The van der Waals surface area contributed by atoms with E-state index >= 15 is 0 Å². The lowest BCUT2D eigenvalue weighted by molar-refractivity contribution is 0.0978. The number of thiocarbonyl (C=S) groups is 1. The number of hydrogen-bond acceptors (Lipinski definition) is 2. The predicted molar refractivity (Wildman–Crippen MR) is 101 cm³/mol. The van der Waals surface area contributed by atoms with Crippen molar-refractivity contribution in [3.8, 4) is 0 Å². The van der Waals surface area contributed by atoms with Gasteiger partial charge in [-0.25, -0.2) is 0 Å². The highest BCUT2D eigenvalue weighted by atomic mass is 35.5. The van der Waals surface area contributed by atoms with Crippen LogP contribution in [0.3, 0.4) is 0 Å². The molecule has 1 saturated carbocycles. The Hall–Kier alpha value is -1.91. The fourth-order valence-corrected chi connectivity index (χ4v) is 2.62. The standard InChI is InChI=1S/C19H14ClN2OS/c20-16-10-8-14(9-11-16)18(23)22-19(24)21-17-7-3-6-15(12-17)13-4-1-2-5-13/h1-12H,(H2,21,22,23,24). The topological polar surface area (TPSA) is 41.1 Å². The first kappa shape index (κ1) is 16.9. The van der Waals surface area contributed by atoms with E-state index in [9.17, 15) is 4.79 Å². The molecule has 0 bridgehead atoms. The van der Waals surface area contributed by atoms with Crippen LogP contribution in [-0.2, 0) is 0 Å². The quantitative estimate of drug-likeness (QED) is 0.812. The second kappa shape index (κ2) is 7.77. The number of benzene rings is 2. The molecule has 0 spiro atoms. The summed E-state index contributed by atoms with van der Waals surface area (Å²) >= 11 is 11.0. The molecule has 0 saturated heterocycles. The Balaban J connectivity index is 1.61. The van der Waals surface area contributed by atoms with Gasteiger partial charge in [0.2, 0.25) is 0 Å². The normalized spacial score (nSPS) is 14.4. The predicted octanol–water partition coefficient (Wildman–Crippen LogP) is 4.22. The van der Waals surface area contributed by atoms with Gasteiger partial charge in [0.15, 0.2) is 5.11 Å². The Labute approximate surface area is 152 Å². The molecule has 5 heteroatoms. The molecule has 2 aromatic rings. The molecule has 1 aliphatic carbocycles. The molecule has 0 aliphatic heterocycles. The number of amides is 1. The summed E-state index contributed by atoms with van der Waals surface area (Å²) in [6.45, 7) is 0. The minimum Gasteiger partial charge on any atom is -0.332 e. The van der Waals surface area contributed by atoms with Crippen LogP contribution in [-0.4, -0.2) is 11.0 Å². The van der Waals surface area contributed by atoms with Crippen LogP contribution in [0.5, 0.6) is 0 Å². The van der Waals surface area contributed by atoms with Gasteiger partial charge in [0.1, 0.15) is 0 Å². The molecule has 1 fully saturated rings. The number of halogens is 1. The van der Waals surface area contributed by atoms with Crippen molar-refractivity contribution in [3.05, 3.63) is 96.3 Å². The Morgan fingerprint density at radius 2 is 1.71 bits per heavy atom. The van der Waals surface area contributed by atoms with Crippen LogP contribution in [0.4, 0.5) is 5.69 Å². The third-order valence-electron chi connectivity index (χ3n) is 3.45. The first-order valence-corrected chi connectivity index (χ1v) is 8.10. The summed E-state index contributed by atoms with van der Waals surface area (Å²) in [5.41, 5.74) is 2.39. The lowest BCUT2D eigenvalue weighted by Gasteiger charge is -2.13. The van der Waals surface area contributed by atoms with E-state index in [1.807, 2.05) is 49.9 Å². The lowest BCUT2D eigenvalue weighted by Crippen LogP contribution is -2.34. The number of anilines is 1. The van der Waals surface area contributed by atoms with Crippen LogP contribution in [0.25, 0.3) is 0 Å². The molecule has 2 aromatic carbocycles. The number of hydrogen-bond donors (Lipinski definition) is 2. The third-order valence-corrected chi connectivity index (χ3v) is 3.91. The molecule has 1 aliphatic rings. The van der Waals surface area contributed by atoms with Crippen LogP contribution in [0.15, 0.2) is 48.5 Å². The van der Waals surface area contributed by atoms with Crippen molar-refractivity contribution in [3.63, 3.8) is 0 Å². The van der Waals surface area contributed by atoms with E-state index in [0.717, 1.165) is 17.2 Å². The van der Waals surface area contributed by atoms with E-state index in [-0.39, 0.29) is 11.0 Å². The van der Waals surface area contributed by atoms with Crippen molar-refractivity contribution in [2.24, 2.45) is 0 Å². The second-order valence-electron chi connectivity index (χ2n) is 5.17. The van der Waals surface area contributed by atoms with E-state index in [2.05, 4.69) is 10.6 Å². The molecule has 0 atom stereocenters. The monoisotopic (exact) mass is 353 g/mol. The van der Waals surface area contributed by atoms with Gasteiger partial charge in [-0.15, -0.1) is 0 Å². The zero-order chi connectivity index (χ0) is 16.9. The molecule has 24 heavy (non-hydrogen) atoms. The largest absolute Gasteiger partial charge is 0.332 e. The lowest BCUT2D eigenvalue weighted by atomic mass is 9.97. The van der Waals surface area contributed by atoms with Crippen molar-refractivity contribution in [1.29, 1.82) is 0 Å². The molecule has 3 nitrogen and oxygen atoms in total.